The summed E-state index contributed by atoms with van der Waals surface area (Å²) < 4.78 is 68.6. The molecule has 0 aliphatic heterocycles. The summed E-state index contributed by atoms with van der Waals surface area (Å²) in [5.41, 5.74) is -2.70. The van der Waals surface area contributed by atoms with Crippen LogP contribution in [0.4, 0.5) is 17.6 Å². The molecule has 2 N–H and O–H groups in total. The van der Waals surface area contributed by atoms with Crippen molar-refractivity contribution in [2.24, 2.45) is 0 Å². The monoisotopic (exact) mass is 428 g/mol. The molecule has 0 radical (unpaired) electrons. The van der Waals surface area contributed by atoms with E-state index in [0.717, 1.165) is 12.1 Å². The molecule has 2 aromatic heterocycles. The summed E-state index contributed by atoms with van der Waals surface area (Å²) in [7, 11) is 0. The topological polar surface area (TPSA) is 127 Å². The Kier molecular flexibility index (Phi) is 5.33. The molecule has 30 heavy (non-hydrogen) atoms. The highest BCUT2D eigenvalue weighted by Gasteiger charge is 2.41. The first kappa shape index (κ1) is 21.0. The Hall–Kier alpha value is -3.70. The number of halogens is 4. The SMILES string of the molecule is Cc1cc(C(C(=O)O)c2c(F)c(F)c(C(C(=O)O)c3cc(C)no3)c(F)c2F)on1. The van der Waals surface area contributed by atoms with Crippen molar-refractivity contribution in [1.29, 1.82) is 0 Å². The summed E-state index contributed by atoms with van der Waals surface area (Å²) in [5.74, 6) is -17.8. The number of benzene rings is 1. The lowest BCUT2D eigenvalue weighted by atomic mass is 9.88. The molecule has 0 bridgehead atoms. The van der Waals surface area contributed by atoms with Crippen molar-refractivity contribution in [2.75, 3.05) is 0 Å². The quantitative estimate of drug-likeness (QED) is 0.453. The number of aromatic nitrogens is 2. The minimum Gasteiger partial charge on any atom is -0.480 e. The fourth-order valence-corrected chi connectivity index (χ4v) is 2.99. The van der Waals surface area contributed by atoms with Crippen LogP contribution in [-0.2, 0) is 9.59 Å². The maximum Gasteiger partial charge on any atom is 0.319 e. The van der Waals surface area contributed by atoms with Crippen molar-refractivity contribution in [3.8, 4) is 0 Å². The summed E-state index contributed by atoms with van der Waals surface area (Å²) in [4.78, 5) is 23.2. The minimum absolute atomic E-state index is 0.154. The molecule has 2 atom stereocenters. The Morgan fingerprint density at radius 2 is 1.07 bits per heavy atom. The number of hydrogen-bond acceptors (Lipinski definition) is 6. The maximum absolute atomic E-state index is 14.8. The van der Waals surface area contributed by atoms with Crippen LogP contribution >= 0.6 is 0 Å². The van der Waals surface area contributed by atoms with E-state index in [4.69, 9.17) is 9.05 Å². The van der Waals surface area contributed by atoms with E-state index < -0.39 is 69.7 Å². The Labute approximate surface area is 164 Å². The predicted octanol–water partition coefficient (Wildman–Crippen LogP) is 3.27. The van der Waals surface area contributed by atoms with Crippen LogP contribution in [0.3, 0.4) is 0 Å². The maximum atomic E-state index is 14.8. The van der Waals surface area contributed by atoms with Gasteiger partial charge in [0.25, 0.3) is 0 Å². The lowest BCUT2D eigenvalue weighted by Crippen LogP contribution is -2.23. The number of carbonyl (C=O) groups is 2. The van der Waals surface area contributed by atoms with Crippen LogP contribution in [0.1, 0.15) is 45.9 Å². The van der Waals surface area contributed by atoms with Crippen LogP contribution in [0.5, 0.6) is 0 Å². The van der Waals surface area contributed by atoms with Gasteiger partial charge in [0.2, 0.25) is 0 Å². The molecule has 8 nitrogen and oxygen atoms in total. The third-order valence-electron chi connectivity index (χ3n) is 4.26. The number of hydrogen-bond donors (Lipinski definition) is 2. The Morgan fingerprint density at radius 1 is 0.767 bits per heavy atom. The van der Waals surface area contributed by atoms with Gasteiger partial charge in [0.15, 0.2) is 34.8 Å². The van der Waals surface area contributed by atoms with Gasteiger partial charge in [0, 0.05) is 12.1 Å². The van der Waals surface area contributed by atoms with E-state index in [1.165, 1.54) is 13.8 Å². The van der Waals surface area contributed by atoms with E-state index in [1.54, 1.807) is 0 Å². The van der Waals surface area contributed by atoms with Crippen LogP contribution in [0.2, 0.25) is 0 Å². The highest BCUT2D eigenvalue weighted by Crippen LogP contribution is 2.38. The molecule has 0 aliphatic carbocycles. The molecule has 3 aromatic rings. The zero-order valence-electron chi connectivity index (χ0n) is 15.2. The van der Waals surface area contributed by atoms with Gasteiger partial charge in [-0.25, -0.2) is 17.6 Å². The normalized spacial score (nSPS) is 13.3. The smallest absolute Gasteiger partial charge is 0.319 e. The lowest BCUT2D eigenvalue weighted by molar-refractivity contribution is -0.139. The molecule has 0 fully saturated rings. The molecule has 12 heteroatoms. The van der Waals surface area contributed by atoms with Crippen molar-refractivity contribution >= 4 is 11.9 Å². The average molecular weight is 428 g/mol. The third-order valence-corrected chi connectivity index (χ3v) is 4.26. The molecule has 0 aliphatic rings. The molecule has 158 valence electrons. The van der Waals surface area contributed by atoms with Gasteiger partial charge in [-0.15, -0.1) is 0 Å². The average Bonchev–Trinajstić information content (AvgIpc) is 3.28. The number of nitrogens with zero attached hydrogens (tertiary/aromatic N) is 2. The van der Waals surface area contributed by atoms with Crippen molar-refractivity contribution in [3.05, 3.63) is 69.4 Å². The van der Waals surface area contributed by atoms with Gasteiger partial charge in [-0.3, -0.25) is 9.59 Å². The summed E-state index contributed by atoms with van der Waals surface area (Å²) >= 11 is 0. The van der Waals surface area contributed by atoms with E-state index in [2.05, 4.69) is 10.3 Å². The van der Waals surface area contributed by atoms with Crippen LogP contribution in [0.25, 0.3) is 0 Å². The summed E-state index contributed by atoms with van der Waals surface area (Å²) in [6.07, 6.45) is 0. The van der Waals surface area contributed by atoms with Crippen LogP contribution in [0.15, 0.2) is 21.2 Å². The second kappa shape index (κ2) is 7.61. The number of aliphatic carboxylic acids is 2. The Balaban J connectivity index is 2.28. The predicted molar refractivity (Wildman–Crippen MR) is 87.7 cm³/mol. The molecule has 0 saturated heterocycles. The van der Waals surface area contributed by atoms with Gasteiger partial charge in [-0.2, -0.15) is 0 Å². The van der Waals surface area contributed by atoms with Crippen molar-refractivity contribution < 1.29 is 46.4 Å². The second-order valence-electron chi connectivity index (χ2n) is 6.37. The van der Waals surface area contributed by atoms with E-state index >= 15 is 0 Å². The first-order valence-electron chi connectivity index (χ1n) is 8.22. The summed E-state index contributed by atoms with van der Waals surface area (Å²) in [6.45, 7) is 2.78. The van der Waals surface area contributed by atoms with Crippen molar-refractivity contribution in [2.45, 2.75) is 25.7 Å². The highest BCUT2D eigenvalue weighted by molar-refractivity contribution is 5.81. The van der Waals surface area contributed by atoms with Crippen molar-refractivity contribution in [1.82, 2.24) is 10.3 Å². The fraction of sp³-hybridized carbons (Fsp3) is 0.222. The Morgan fingerprint density at radius 3 is 1.27 bits per heavy atom. The molecule has 2 unspecified atom stereocenters. The largest absolute Gasteiger partial charge is 0.480 e. The van der Waals surface area contributed by atoms with E-state index in [-0.39, 0.29) is 11.4 Å². The molecule has 0 amide bonds. The lowest BCUT2D eigenvalue weighted by Gasteiger charge is -2.18. The van der Waals surface area contributed by atoms with Crippen molar-refractivity contribution in [3.63, 3.8) is 0 Å². The summed E-state index contributed by atoms with van der Waals surface area (Å²) in [6, 6.07) is 2.05. The minimum atomic E-state index is -2.28. The number of carboxylic acid groups (broad SMARTS) is 2. The van der Waals surface area contributed by atoms with Crippen LogP contribution in [0, 0.1) is 37.1 Å². The first-order valence-corrected chi connectivity index (χ1v) is 8.22. The molecular weight excluding hydrogens is 416 g/mol. The molecule has 1 aromatic carbocycles. The standard InChI is InChI=1S/C18H12F4N2O6/c1-5-3-7(29-23-5)9(17(25)26)11-13(19)15(21)12(16(22)14(11)20)10(18(27)28)8-4-6(2)24-30-8/h3-4,9-10H,1-2H3,(H,25,26)(H,27,28). The molecular formula is C18H12F4N2O6. The van der Waals surface area contributed by atoms with Gasteiger partial charge < -0.3 is 19.3 Å². The van der Waals surface area contributed by atoms with E-state index in [1.807, 2.05) is 0 Å². The van der Waals surface area contributed by atoms with Crippen LogP contribution < -0.4 is 0 Å². The van der Waals surface area contributed by atoms with Gasteiger partial charge >= 0.3 is 11.9 Å². The summed E-state index contributed by atoms with van der Waals surface area (Å²) in [5, 5.41) is 25.6. The first-order chi connectivity index (χ1) is 14.0. The number of carboxylic acids is 2. The zero-order valence-corrected chi connectivity index (χ0v) is 15.2. The fourth-order valence-electron chi connectivity index (χ4n) is 2.99. The van der Waals surface area contributed by atoms with Crippen LogP contribution in [-0.4, -0.2) is 32.5 Å². The molecule has 2 heterocycles. The van der Waals surface area contributed by atoms with Gasteiger partial charge in [0.05, 0.1) is 22.5 Å². The number of rotatable bonds is 6. The molecule has 3 rings (SSSR count). The van der Waals surface area contributed by atoms with Gasteiger partial charge in [0.1, 0.15) is 11.8 Å². The van der Waals surface area contributed by atoms with Gasteiger partial charge in [-0.05, 0) is 13.8 Å². The second-order valence-corrected chi connectivity index (χ2v) is 6.37. The molecule has 0 spiro atoms. The molecule has 0 saturated carbocycles. The zero-order chi connectivity index (χ0) is 22.3. The van der Waals surface area contributed by atoms with Gasteiger partial charge in [-0.1, -0.05) is 10.3 Å². The Bertz CT molecular complexity index is 1040. The third kappa shape index (κ3) is 3.40. The number of aryl methyl sites for hydroxylation is 2. The highest BCUT2D eigenvalue weighted by atomic mass is 19.2. The van der Waals surface area contributed by atoms with E-state index in [0.29, 0.717) is 0 Å². The van der Waals surface area contributed by atoms with E-state index in [9.17, 15) is 37.4 Å².